The number of benzene rings is 2. The number of nitrogens with zero attached hydrogens (tertiary/aromatic N) is 3. The first kappa shape index (κ1) is 32.9. The van der Waals surface area contributed by atoms with E-state index in [9.17, 15) is 36.6 Å². The lowest BCUT2D eigenvalue weighted by Crippen LogP contribution is -2.51. The largest absolute Gasteiger partial charge is 0.494 e. The molecule has 10 nitrogen and oxygen atoms in total. The summed E-state index contributed by atoms with van der Waals surface area (Å²) in [4.78, 5) is 29.0. The fraction of sp³-hybridized carbons (Fsp3) is 0.333. The van der Waals surface area contributed by atoms with E-state index in [-0.39, 0.29) is 35.3 Å². The Morgan fingerprint density at radius 2 is 1.85 bits per heavy atom. The molecule has 2 aromatic heterocycles. The van der Waals surface area contributed by atoms with Crippen molar-refractivity contribution in [1.29, 1.82) is 0 Å². The van der Waals surface area contributed by atoms with Crippen LogP contribution in [0.25, 0.3) is 22.2 Å². The van der Waals surface area contributed by atoms with Crippen LogP contribution in [0.5, 0.6) is 11.5 Å². The Balaban J connectivity index is 1.58. The van der Waals surface area contributed by atoms with Gasteiger partial charge in [0.05, 0.1) is 43.4 Å². The van der Waals surface area contributed by atoms with Gasteiger partial charge in [0.1, 0.15) is 22.7 Å². The smallest absolute Gasteiger partial charge is 0.424 e. The molecule has 0 radical (unpaired) electrons. The van der Waals surface area contributed by atoms with Crippen LogP contribution in [0.3, 0.4) is 0 Å². The van der Waals surface area contributed by atoms with E-state index in [2.05, 4.69) is 15.4 Å². The van der Waals surface area contributed by atoms with Gasteiger partial charge in [-0.25, -0.2) is 13.8 Å². The van der Waals surface area contributed by atoms with Crippen LogP contribution in [-0.4, -0.2) is 58.1 Å². The van der Waals surface area contributed by atoms with Crippen molar-refractivity contribution in [2.24, 2.45) is 5.73 Å². The average Bonchev–Trinajstić information content (AvgIpc) is 3.75. The maximum atomic E-state index is 14.7. The summed E-state index contributed by atoms with van der Waals surface area (Å²) in [7, 11) is 1.35. The van der Waals surface area contributed by atoms with Crippen molar-refractivity contribution in [1.82, 2.24) is 20.1 Å². The van der Waals surface area contributed by atoms with Gasteiger partial charge in [-0.05, 0) is 50.1 Å². The van der Waals surface area contributed by atoms with Crippen LogP contribution in [0.2, 0.25) is 5.02 Å². The Morgan fingerprint density at radius 1 is 1.15 bits per heavy atom. The summed E-state index contributed by atoms with van der Waals surface area (Å²) < 4.78 is 84.9. The second-order valence-corrected chi connectivity index (χ2v) is 11.1. The van der Waals surface area contributed by atoms with Gasteiger partial charge >= 0.3 is 6.18 Å². The number of hydrogen-bond acceptors (Lipinski definition) is 7. The normalized spacial score (nSPS) is 14.6. The van der Waals surface area contributed by atoms with Crippen molar-refractivity contribution in [3.63, 3.8) is 0 Å². The molecule has 2 amide bonds. The van der Waals surface area contributed by atoms with E-state index in [0.29, 0.717) is 23.0 Å². The van der Waals surface area contributed by atoms with Crippen molar-refractivity contribution >= 4 is 34.3 Å². The van der Waals surface area contributed by atoms with Crippen molar-refractivity contribution in [3.05, 3.63) is 70.0 Å². The van der Waals surface area contributed by atoms with E-state index < -0.39 is 70.2 Å². The monoisotopic (exact) mass is 667 g/mol. The molecule has 1 aliphatic rings. The number of halogens is 6. The van der Waals surface area contributed by atoms with Gasteiger partial charge in [0, 0.05) is 28.3 Å². The minimum Gasteiger partial charge on any atom is -0.494 e. The second kappa shape index (κ2) is 12.4. The summed E-state index contributed by atoms with van der Waals surface area (Å²) in [6.45, 7) is -0.0174. The van der Waals surface area contributed by atoms with Crippen LogP contribution in [0.1, 0.15) is 47.4 Å². The number of carbonyl (C=O) groups excluding carboxylic acids is 2. The Bertz CT molecular complexity index is 1850. The maximum absolute atomic E-state index is 14.7. The number of rotatable bonds is 11. The van der Waals surface area contributed by atoms with Gasteiger partial charge in [0.15, 0.2) is 11.6 Å². The van der Waals surface area contributed by atoms with Gasteiger partial charge in [-0.15, -0.1) is 0 Å². The summed E-state index contributed by atoms with van der Waals surface area (Å²) >= 11 is 6.13. The zero-order chi connectivity index (χ0) is 33.6. The molecule has 0 spiro atoms. The van der Waals surface area contributed by atoms with Gasteiger partial charge in [-0.2, -0.15) is 18.3 Å². The number of nitrogens with two attached hydrogens (primary N) is 1. The van der Waals surface area contributed by atoms with Gasteiger partial charge in [-0.1, -0.05) is 11.6 Å². The molecule has 0 aliphatic heterocycles. The van der Waals surface area contributed by atoms with Gasteiger partial charge < -0.3 is 25.6 Å². The number of primary amides is 1. The topological polar surface area (TPSA) is 142 Å². The van der Waals surface area contributed by atoms with Gasteiger partial charge in [-0.3, -0.25) is 14.3 Å². The number of aromatic nitrogens is 3. The molecule has 1 atom stereocenters. The average molecular weight is 668 g/mol. The van der Waals surface area contributed by atoms with Crippen molar-refractivity contribution in [3.8, 4) is 22.8 Å². The van der Waals surface area contributed by atoms with Crippen molar-refractivity contribution in [2.45, 2.75) is 44.0 Å². The van der Waals surface area contributed by atoms with Crippen LogP contribution in [0.15, 0.2) is 36.5 Å². The lowest BCUT2D eigenvalue weighted by Gasteiger charge is -2.31. The lowest BCUT2D eigenvalue weighted by molar-refractivity contribution is -0.265. The molecular formula is C30H27ClF5N5O5. The molecule has 16 heteroatoms. The fourth-order valence-corrected chi connectivity index (χ4v) is 5.13. The van der Waals surface area contributed by atoms with Gasteiger partial charge in [0.25, 0.3) is 5.91 Å². The number of fused-ring (bicyclic) bond motifs is 1. The molecule has 46 heavy (non-hydrogen) atoms. The molecule has 4 aromatic rings. The molecule has 2 aromatic carbocycles. The van der Waals surface area contributed by atoms with E-state index in [4.69, 9.17) is 26.8 Å². The SMILES string of the molecule is CCOc1c(CC(N)=O)cc([C@@](O)(CNC(=O)c2cc(OC)c3nn(C4CC4)cc3c2)C(F)(F)F)nc1-c1cc(F)c(F)cc1Cl. The predicted molar refractivity (Wildman–Crippen MR) is 156 cm³/mol. The number of carbonyl (C=O) groups is 2. The van der Waals surface area contributed by atoms with E-state index in [1.165, 1.54) is 26.2 Å². The Kier molecular flexibility index (Phi) is 8.84. The molecule has 1 fully saturated rings. The number of amides is 2. The first-order valence-corrected chi connectivity index (χ1v) is 14.3. The van der Waals surface area contributed by atoms with Crippen LogP contribution in [-0.2, 0) is 16.8 Å². The summed E-state index contributed by atoms with van der Waals surface area (Å²) in [6.07, 6.45) is -2.58. The molecule has 0 saturated heterocycles. The summed E-state index contributed by atoms with van der Waals surface area (Å²) in [6, 6.07) is 4.85. The number of aliphatic hydroxyl groups is 1. The highest BCUT2D eigenvalue weighted by atomic mass is 35.5. The summed E-state index contributed by atoms with van der Waals surface area (Å²) in [5.74, 6) is -4.81. The minimum absolute atomic E-state index is 0.0763. The van der Waals surface area contributed by atoms with Crippen LogP contribution in [0, 0.1) is 11.6 Å². The first-order chi connectivity index (χ1) is 21.7. The van der Waals surface area contributed by atoms with Crippen molar-refractivity contribution in [2.75, 3.05) is 20.3 Å². The van der Waals surface area contributed by atoms with E-state index in [1.54, 1.807) is 10.9 Å². The minimum atomic E-state index is -5.47. The molecule has 244 valence electrons. The third kappa shape index (κ3) is 6.29. The highest BCUT2D eigenvalue weighted by molar-refractivity contribution is 6.33. The van der Waals surface area contributed by atoms with Crippen LogP contribution in [0.4, 0.5) is 22.0 Å². The van der Waals surface area contributed by atoms with Crippen LogP contribution < -0.4 is 20.5 Å². The molecule has 0 unspecified atom stereocenters. The summed E-state index contributed by atoms with van der Waals surface area (Å²) in [5, 5.41) is 17.8. The third-order valence-electron chi connectivity index (χ3n) is 7.36. The Hall–Kier alpha value is -4.50. The standard InChI is InChI=1S/C30H27ClF5N5O5/c1-3-46-27-14(9-24(37)42)8-23(39-26(27)18-10-20(32)21(33)11-19(18)31)29(44,30(34,35)36)13-38-28(43)15-6-16-12-41(17-4-5-17)40-25(16)22(7-15)45-2/h6-8,10-12,17,44H,3-5,9,13H2,1-2H3,(H2,37,42)(H,38,43)/t29-/m0/s1. The number of hydrogen-bond donors (Lipinski definition) is 3. The lowest BCUT2D eigenvalue weighted by atomic mass is 9.93. The first-order valence-electron chi connectivity index (χ1n) is 13.9. The predicted octanol–water partition coefficient (Wildman–Crippen LogP) is 4.98. The molecule has 1 aliphatic carbocycles. The quantitative estimate of drug-likeness (QED) is 0.151. The highest BCUT2D eigenvalue weighted by Gasteiger charge is 2.57. The maximum Gasteiger partial charge on any atom is 0.424 e. The highest BCUT2D eigenvalue weighted by Crippen LogP contribution is 2.43. The Labute approximate surface area is 263 Å². The molecule has 4 N–H and O–H groups in total. The van der Waals surface area contributed by atoms with Gasteiger partial charge in [0.2, 0.25) is 11.5 Å². The fourth-order valence-electron chi connectivity index (χ4n) is 4.89. The van der Waals surface area contributed by atoms with Crippen molar-refractivity contribution < 1.29 is 46.1 Å². The second-order valence-electron chi connectivity index (χ2n) is 10.7. The third-order valence-corrected chi connectivity index (χ3v) is 7.67. The molecule has 2 heterocycles. The molecular weight excluding hydrogens is 641 g/mol. The molecule has 1 saturated carbocycles. The van der Waals surface area contributed by atoms with Crippen LogP contribution >= 0.6 is 11.6 Å². The summed E-state index contributed by atoms with van der Waals surface area (Å²) in [5.41, 5.74) is -0.433. The number of pyridine rings is 1. The Morgan fingerprint density at radius 3 is 2.46 bits per heavy atom. The number of nitrogens with one attached hydrogen (secondary N) is 1. The zero-order valence-electron chi connectivity index (χ0n) is 24.3. The molecule has 5 rings (SSSR count). The molecule has 0 bridgehead atoms. The number of alkyl halides is 3. The van der Waals surface area contributed by atoms with E-state index in [0.717, 1.165) is 18.9 Å². The number of methoxy groups -OCH3 is 1. The van der Waals surface area contributed by atoms with E-state index >= 15 is 0 Å². The van der Waals surface area contributed by atoms with E-state index in [1.807, 2.05) is 0 Å². The number of ether oxygens (including phenoxy) is 2. The zero-order valence-corrected chi connectivity index (χ0v) is 25.1.